The van der Waals surface area contributed by atoms with Crippen LogP contribution in [0.15, 0.2) is 18.3 Å². The normalized spacial score (nSPS) is 11.6. The molecular formula is C10H13F3N2O. The zero-order valence-corrected chi connectivity index (χ0v) is 8.83. The Hall–Kier alpha value is -1.30. The maximum absolute atomic E-state index is 12.3. The van der Waals surface area contributed by atoms with Gasteiger partial charge >= 0.3 is 6.18 Å². The number of hydrogen-bond donors (Lipinski definition) is 1. The van der Waals surface area contributed by atoms with E-state index in [2.05, 4.69) is 4.98 Å². The number of halogens is 3. The van der Waals surface area contributed by atoms with E-state index in [0.717, 1.165) is 4.90 Å². The van der Waals surface area contributed by atoms with E-state index in [9.17, 15) is 13.2 Å². The number of alkyl halides is 3. The van der Waals surface area contributed by atoms with E-state index >= 15 is 0 Å². The first-order valence-corrected chi connectivity index (χ1v) is 4.77. The molecule has 1 aromatic heterocycles. The molecule has 0 spiro atoms. The van der Waals surface area contributed by atoms with Gasteiger partial charge in [-0.15, -0.1) is 0 Å². The van der Waals surface area contributed by atoms with Gasteiger partial charge in [0.2, 0.25) is 0 Å². The molecule has 0 aliphatic rings. The van der Waals surface area contributed by atoms with Gasteiger partial charge in [0.25, 0.3) is 0 Å². The van der Waals surface area contributed by atoms with Crippen molar-refractivity contribution < 1.29 is 18.3 Å². The molecular weight excluding hydrogens is 221 g/mol. The molecule has 0 aromatic carbocycles. The predicted octanol–water partition coefficient (Wildman–Crippen LogP) is 1.75. The van der Waals surface area contributed by atoms with Crippen LogP contribution in [0.25, 0.3) is 0 Å². The van der Waals surface area contributed by atoms with Gasteiger partial charge in [0.15, 0.2) is 0 Å². The molecule has 1 rings (SSSR count). The average Bonchev–Trinajstić information content (AvgIpc) is 2.15. The monoisotopic (exact) mass is 234 g/mol. The Morgan fingerprint density at radius 3 is 2.62 bits per heavy atom. The summed E-state index contributed by atoms with van der Waals surface area (Å²) in [5.74, 6) is 0. The quantitative estimate of drug-likeness (QED) is 0.862. The Labute approximate surface area is 91.5 Å². The third kappa shape index (κ3) is 4.06. The second-order valence-electron chi connectivity index (χ2n) is 3.42. The second-order valence-corrected chi connectivity index (χ2v) is 3.42. The fourth-order valence-electron chi connectivity index (χ4n) is 1.36. The number of anilines is 1. The maximum atomic E-state index is 12.3. The molecule has 90 valence electrons. The number of aliphatic hydroxyl groups excluding tert-OH is 1. The van der Waals surface area contributed by atoms with Crippen LogP contribution in [0, 0.1) is 6.92 Å². The van der Waals surface area contributed by atoms with Crippen molar-refractivity contribution in [2.45, 2.75) is 13.1 Å². The van der Waals surface area contributed by atoms with Gasteiger partial charge in [0.05, 0.1) is 6.61 Å². The van der Waals surface area contributed by atoms with Crippen molar-refractivity contribution in [3.8, 4) is 0 Å². The lowest BCUT2D eigenvalue weighted by atomic mass is 10.3. The fourth-order valence-corrected chi connectivity index (χ4v) is 1.36. The molecule has 1 heterocycles. The van der Waals surface area contributed by atoms with E-state index in [-0.39, 0.29) is 13.2 Å². The van der Waals surface area contributed by atoms with E-state index in [4.69, 9.17) is 5.11 Å². The minimum absolute atomic E-state index is 0.0526. The molecule has 0 aliphatic carbocycles. The van der Waals surface area contributed by atoms with Crippen LogP contribution in [0.5, 0.6) is 0 Å². The molecule has 16 heavy (non-hydrogen) atoms. The zero-order chi connectivity index (χ0) is 12.2. The highest BCUT2D eigenvalue weighted by molar-refractivity contribution is 5.46. The highest BCUT2D eigenvalue weighted by atomic mass is 19.4. The number of aliphatic hydroxyl groups is 1. The summed E-state index contributed by atoms with van der Waals surface area (Å²) < 4.78 is 36.8. The predicted molar refractivity (Wildman–Crippen MR) is 54.3 cm³/mol. The van der Waals surface area contributed by atoms with Crippen molar-refractivity contribution in [3.63, 3.8) is 0 Å². The first kappa shape index (κ1) is 12.8. The minimum atomic E-state index is -4.29. The van der Waals surface area contributed by atoms with Crippen molar-refractivity contribution in [2.75, 3.05) is 24.6 Å². The Kier molecular flexibility index (Phi) is 4.12. The Morgan fingerprint density at radius 1 is 1.44 bits per heavy atom. The molecule has 0 aliphatic heterocycles. The van der Waals surface area contributed by atoms with Crippen LogP contribution in [0.1, 0.15) is 5.69 Å². The van der Waals surface area contributed by atoms with Crippen LogP contribution in [0.2, 0.25) is 0 Å². The summed E-state index contributed by atoms with van der Waals surface area (Å²) in [6, 6.07) is 3.05. The van der Waals surface area contributed by atoms with Gasteiger partial charge in [-0.05, 0) is 19.1 Å². The van der Waals surface area contributed by atoms with Crippen LogP contribution in [0.4, 0.5) is 18.9 Å². The largest absolute Gasteiger partial charge is 0.405 e. The van der Waals surface area contributed by atoms with Crippen molar-refractivity contribution in [2.24, 2.45) is 0 Å². The van der Waals surface area contributed by atoms with Gasteiger partial charge < -0.3 is 10.0 Å². The molecule has 0 atom stereocenters. The standard InChI is InChI=1S/C10H13F3N2O/c1-8-6-9(2-3-14-8)15(4-5-16)7-10(11,12)13/h2-3,6,16H,4-5,7H2,1H3. The Balaban J connectivity index is 2.85. The zero-order valence-electron chi connectivity index (χ0n) is 8.83. The van der Waals surface area contributed by atoms with Crippen LogP contribution in [-0.4, -0.2) is 36.0 Å². The van der Waals surface area contributed by atoms with Gasteiger partial charge in [-0.3, -0.25) is 4.98 Å². The molecule has 1 aromatic rings. The lowest BCUT2D eigenvalue weighted by Crippen LogP contribution is -2.36. The molecule has 0 saturated heterocycles. The van der Waals surface area contributed by atoms with E-state index in [0.29, 0.717) is 11.4 Å². The summed E-state index contributed by atoms with van der Waals surface area (Å²) in [5.41, 5.74) is 1.06. The van der Waals surface area contributed by atoms with Crippen LogP contribution in [0.3, 0.4) is 0 Å². The first-order chi connectivity index (χ1) is 7.42. The van der Waals surface area contributed by atoms with Crippen LogP contribution in [-0.2, 0) is 0 Å². The van der Waals surface area contributed by atoms with Gasteiger partial charge in [0.1, 0.15) is 6.54 Å². The van der Waals surface area contributed by atoms with Gasteiger partial charge in [-0.25, -0.2) is 0 Å². The summed E-state index contributed by atoms with van der Waals surface area (Å²) >= 11 is 0. The number of aryl methyl sites for hydroxylation is 1. The molecule has 3 nitrogen and oxygen atoms in total. The lowest BCUT2D eigenvalue weighted by molar-refractivity contribution is -0.119. The van der Waals surface area contributed by atoms with Crippen molar-refractivity contribution in [1.82, 2.24) is 4.98 Å². The number of aromatic nitrogens is 1. The highest BCUT2D eigenvalue weighted by Crippen LogP contribution is 2.21. The number of rotatable bonds is 4. The van der Waals surface area contributed by atoms with E-state index < -0.39 is 12.7 Å². The third-order valence-corrected chi connectivity index (χ3v) is 1.99. The average molecular weight is 234 g/mol. The summed E-state index contributed by atoms with van der Waals surface area (Å²) in [6.45, 7) is 0.256. The van der Waals surface area contributed by atoms with Gasteiger partial charge in [0, 0.05) is 24.1 Å². The Morgan fingerprint density at radius 2 is 2.12 bits per heavy atom. The smallest absolute Gasteiger partial charge is 0.395 e. The van der Waals surface area contributed by atoms with Crippen LogP contribution < -0.4 is 4.90 Å². The minimum Gasteiger partial charge on any atom is -0.395 e. The number of pyridine rings is 1. The van der Waals surface area contributed by atoms with E-state index in [1.54, 1.807) is 13.0 Å². The molecule has 0 amide bonds. The molecule has 1 N–H and O–H groups in total. The SMILES string of the molecule is Cc1cc(N(CCO)CC(F)(F)F)ccn1. The molecule has 0 bridgehead atoms. The molecule has 6 heteroatoms. The summed E-state index contributed by atoms with van der Waals surface area (Å²) in [6.07, 6.45) is -2.84. The lowest BCUT2D eigenvalue weighted by Gasteiger charge is -2.25. The topological polar surface area (TPSA) is 36.4 Å². The van der Waals surface area contributed by atoms with Crippen molar-refractivity contribution in [1.29, 1.82) is 0 Å². The number of hydrogen-bond acceptors (Lipinski definition) is 3. The molecule has 0 saturated carbocycles. The summed E-state index contributed by atoms with van der Waals surface area (Å²) in [7, 11) is 0. The molecule has 0 radical (unpaired) electrons. The van der Waals surface area contributed by atoms with Crippen molar-refractivity contribution in [3.05, 3.63) is 24.0 Å². The van der Waals surface area contributed by atoms with Crippen LogP contribution >= 0.6 is 0 Å². The van der Waals surface area contributed by atoms with Crippen molar-refractivity contribution >= 4 is 5.69 Å². The Bertz CT molecular complexity index is 341. The number of nitrogens with zero attached hydrogens (tertiary/aromatic N) is 2. The van der Waals surface area contributed by atoms with E-state index in [1.807, 2.05) is 0 Å². The van der Waals surface area contributed by atoms with Gasteiger partial charge in [-0.2, -0.15) is 13.2 Å². The summed E-state index contributed by atoms with van der Waals surface area (Å²) in [4.78, 5) is 4.99. The third-order valence-electron chi connectivity index (χ3n) is 1.99. The first-order valence-electron chi connectivity index (χ1n) is 4.77. The van der Waals surface area contributed by atoms with E-state index in [1.165, 1.54) is 12.3 Å². The molecule has 0 unspecified atom stereocenters. The fraction of sp³-hybridized carbons (Fsp3) is 0.500. The highest BCUT2D eigenvalue weighted by Gasteiger charge is 2.30. The maximum Gasteiger partial charge on any atom is 0.405 e. The summed E-state index contributed by atoms with van der Waals surface area (Å²) in [5, 5.41) is 8.74. The van der Waals surface area contributed by atoms with Gasteiger partial charge in [-0.1, -0.05) is 0 Å². The second kappa shape index (κ2) is 5.16. The molecule has 0 fully saturated rings.